The molecule has 0 spiro atoms. The maximum atomic E-state index is 5.91. The van der Waals surface area contributed by atoms with Crippen LogP contribution in [0.25, 0.3) is 0 Å². The number of nitrogen functional groups attached to an aromatic ring is 2. The number of nitrogens with one attached hydrogen (secondary N) is 2. The van der Waals surface area contributed by atoms with Crippen molar-refractivity contribution in [1.82, 2.24) is 19.9 Å². The Hall–Kier alpha value is -3.82. The first kappa shape index (κ1) is 20.5. The summed E-state index contributed by atoms with van der Waals surface area (Å²) >= 11 is 11.8. The Labute approximate surface area is 187 Å². The molecule has 0 unspecified atom stereocenters. The van der Waals surface area contributed by atoms with Gasteiger partial charge in [0, 0.05) is 11.4 Å². The van der Waals surface area contributed by atoms with E-state index in [4.69, 9.17) is 39.4 Å². The number of nitrogens with two attached hydrogens (primary N) is 2. The molecular formula is C20H16Cl2N8O. The third-order valence-corrected chi connectivity index (χ3v) is 4.74. The molecule has 2 aromatic heterocycles. The molecule has 31 heavy (non-hydrogen) atoms. The maximum absolute atomic E-state index is 5.91. The molecule has 0 amide bonds. The average molecular weight is 455 g/mol. The molecule has 156 valence electrons. The second-order valence-corrected chi connectivity index (χ2v) is 6.97. The summed E-state index contributed by atoms with van der Waals surface area (Å²) in [6, 6.07) is 14.6. The Balaban J connectivity index is 1.40. The first-order valence-electron chi connectivity index (χ1n) is 8.93. The van der Waals surface area contributed by atoms with Crippen LogP contribution in [-0.2, 0) is 0 Å². The van der Waals surface area contributed by atoms with Crippen molar-refractivity contribution in [3.63, 3.8) is 0 Å². The fraction of sp³-hybridized carbons (Fsp3) is 0. The molecule has 0 aliphatic rings. The highest BCUT2D eigenvalue weighted by Gasteiger charge is 2.08. The van der Waals surface area contributed by atoms with Gasteiger partial charge in [-0.3, -0.25) is 0 Å². The SMILES string of the molecule is Nc1c(Cl)ncnc1Nc1ccc(Oc2ccc(Nc3ncnc(Cl)c3N)cc2)cc1. The van der Waals surface area contributed by atoms with E-state index in [1.807, 2.05) is 48.5 Å². The largest absolute Gasteiger partial charge is 0.457 e. The molecule has 0 radical (unpaired) electrons. The molecule has 11 heteroatoms. The van der Waals surface area contributed by atoms with Crippen LogP contribution in [0.1, 0.15) is 0 Å². The smallest absolute Gasteiger partial charge is 0.158 e. The van der Waals surface area contributed by atoms with E-state index in [0.29, 0.717) is 23.1 Å². The lowest BCUT2D eigenvalue weighted by atomic mass is 10.2. The fourth-order valence-corrected chi connectivity index (χ4v) is 2.84. The van der Waals surface area contributed by atoms with Gasteiger partial charge in [-0.2, -0.15) is 0 Å². The summed E-state index contributed by atoms with van der Waals surface area (Å²) in [5.41, 5.74) is 13.8. The highest BCUT2D eigenvalue weighted by Crippen LogP contribution is 2.29. The molecule has 2 aromatic carbocycles. The molecule has 2 heterocycles. The molecule has 0 aliphatic heterocycles. The molecule has 4 aromatic rings. The zero-order valence-electron chi connectivity index (χ0n) is 15.9. The van der Waals surface area contributed by atoms with E-state index in [1.54, 1.807) is 0 Å². The summed E-state index contributed by atoms with van der Waals surface area (Å²) in [6.07, 6.45) is 2.68. The standard InChI is InChI=1S/C20H16Cl2N8O/c21-17-15(23)19(27-9-25-17)29-11-1-5-13(6-2-11)31-14-7-3-12(4-8-14)30-20-16(24)18(22)26-10-28-20/h1-10H,23-24H2,(H,25,27,29)(H,26,28,30). The molecule has 0 atom stereocenters. The number of aromatic nitrogens is 4. The topological polar surface area (TPSA) is 137 Å². The van der Waals surface area contributed by atoms with Crippen molar-refractivity contribution in [2.75, 3.05) is 22.1 Å². The molecule has 0 bridgehead atoms. The fourth-order valence-electron chi connectivity index (χ4n) is 2.57. The van der Waals surface area contributed by atoms with Crippen LogP contribution in [0.2, 0.25) is 10.3 Å². The minimum Gasteiger partial charge on any atom is -0.457 e. The molecule has 6 N–H and O–H groups in total. The Morgan fingerprint density at radius 3 is 1.39 bits per heavy atom. The number of hydrogen-bond donors (Lipinski definition) is 4. The van der Waals surface area contributed by atoms with Gasteiger partial charge in [0.1, 0.15) is 35.5 Å². The Morgan fingerprint density at radius 1 is 0.613 bits per heavy atom. The van der Waals surface area contributed by atoms with Crippen LogP contribution >= 0.6 is 23.2 Å². The molecular weight excluding hydrogens is 439 g/mol. The monoisotopic (exact) mass is 454 g/mol. The summed E-state index contributed by atoms with van der Waals surface area (Å²) in [7, 11) is 0. The molecule has 9 nitrogen and oxygen atoms in total. The van der Waals surface area contributed by atoms with E-state index in [-0.39, 0.29) is 21.7 Å². The van der Waals surface area contributed by atoms with Crippen LogP contribution in [-0.4, -0.2) is 19.9 Å². The Kier molecular flexibility index (Phi) is 5.87. The first-order chi connectivity index (χ1) is 15.0. The van der Waals surface area contributed by atoms with Crippen molar-refractivity contribution in [3.8, 4) is 11.5 Å². The number of halogens is 2. The normalized spacial score (nSPS) is 10.5. The number of ether oxygens (including phenoxy) is 1. The zero-order chi connectivity index (χ0) is 21.8. The van der Waals surface area contributed by atoms with Gasteiger partial charge in [-0.05, 0) is 48.5 Å². The van der Waals surface area contributed by atoms with Crippen molar-refractivity contribution < 1.29 is 4.74 Å². The summed E-state index contributed by atoms with van der Waals surface area (Å²) in [4.78, 5) is 15.8. The van der Waals surface area contributed by atoms with E-state index in [2.05, 4.69) is 30.6 Å². The van der Waals surface area contributed by atoms with Crippen molar-refractivity contribution >= 4 is 57.6 Å². The lowest BCUT2D eigenvalue weighted by molar-refractivity contribution is 0.483. The summed E-state index contributed by atoms with van der Waals surface area (Å²) in [5.74, 6) is 2.18. The molecule has 0 saturated heterocycles. The molecule has 0 saturated carbocycles. The van der Waals surface area contributed by atoms with Crippen LogP contribution in [0.5, 0.6) is 11.5 Å². The number of rotatable bonds is 6. The molecule has 0 aliphatic carbocycles. The highest BCUT2D eigenvalue weighted by molar-refractivity contribution is 6.32. The predicted molar refractivity (Wildman–Crippen MR) is 122 cm³/mol. The summed E-state index contributed by atoms with van der Waals surface area (Å²) < 4.78 is 5.88. The van der Waals surface area contributed by atoms with Crippen LogP contribution in [0, 0.1) is 0 Å². The number of hydrogen-bond acceptors (Lipinski definition) is 9. The van der Waals surface area contributed by atoms with Crippen LogP contribution in [0.4, 0.5) is 34.4 Å². The number of anilines is 6. The van der Waals surface area contributed by atoms with Gasteiger partial charge in [-0.15, -0.1) is 0 Å². The van der Waals surface area contributed by atoms with Gasteiger partial charge >= 0.3 is 0 Å². The number of nitrogens with zero attached hydrogens (tertiary/aromatic N) is 4. The van der Waals surface area contributed by atoms with Gasteiger partial charge in [-0.25, -0.2) is 19.9 Å². The zero-order valence-corrected chi connectivity index (χ0v) is 17.4. The summed E-state index contributed by atoms with van der Waals surface area (Å²) in [6.45, 7) is 0. The lowest BCUT2D eigenvalue weighted by Gasteiger charge is -2.11. The predicted octanol–water partition coefficient (Wildman–Crippen LogP) is 5.02. The Morgan fingerprint density at radius 2 is 1.00 bits per heavy atom. The minimum absolute atomic E-state index is 0.195. The lowest BCUT2D eigenvalue weighted by Crippen LogP contribution is -2.01. The first-order valence-corrected chi connectivity index (χ1v) is 9.69. The third kappa shape index (κ3) is 4.85. The Bertz CT molecular complexity index is 1110. The third-order valence-electron chi connectivity index (χ3n) is 4.14. The van der Waals surface area contributed by atoms with Crippen molar-refractivity contribution in [3.05, 3.63) is 71.5 Å². The highest BCUT2D eigenvalue weighted by atomic mass is 35.5. The van der Waals surface area contributed by atoms with Crippen LogP contribution in [0.3, 0.4) is 0 Å². The van der Waals surface area contributed by atoms with Gasteiger partial charge in [0.2, 0.25) is 0 Å². The van der Waals surface area contributed by atoms with Gasteiger partial charge in [0.25, 0.3) is 0 Å². The van der Waals surface area contributed by atoms with Crippen molar-refractivity contribution in [2.45, 2.75) is 0 Å². The summed E-state index contributed by atoms with van der Waals surface area (Å²) in [5, 5.41) is 6.57. The van der Waals surface area contributed by atoms with E-state index in [9.17, 15) is 0 Å². The van der Waals surface area contributed by atoms with Gasteiger partial charge < -0.3 is 26.8 Å². The van der Waals surface area contributed by atoms with Crippen LogP contribution in [0.15, 0.2) is 61.2 Å². The maximum Gasteiger partial charge on any atom is 0.158 e. The van der Waals surface area contributed by atoms with E-state index in [1.165, 1.54) is 12.7 Å². The molecule has 0 fully saturated rings. The minimum atomic E-state index is 0.195. The van der Waals surface area contributed by atoms with Crippen molar-refractivity contribution in [1.29, 1.82) is 0 Å². The second kappa shape index (κ2) is 8.90. The van der Waals surface area contributed by atoms with Gasteiger partial charge in [-0.1, -0.05) is 23.2 Å². The second-order valence-electron chi connectivity index (χ2n) is 6.25. The van der Waals surface area contributed by atoms with Crippen LogP contribution < -0.4 is 26.8 Å². The molecule has 4 rings (SSSR count). The van der Waals surface area contributed by atoms with E-state index < -0.39 is 0 Å². The average Bonchev–Trinajstić information content (AvgIpc) is 2.77. The number of benzene rings is 2. The van der Waals surface area contributed by atoms with Crippen molar-refractivity contribution in [2.24, 2.45) is 0 Å². The van der Waals surface area contributed by atoms with Gasteiger partial charge in [0.05, 0.1) is 0 Å². The van der Waals surface area contributed by atoms with E-state index >= 15 is 0 Å². The van der Waals surface area contributed by atoms with E-state index in [0.717, 1.165) is 11.4 Å². The quantitative estimate of drug-likeness (QED) is 0.295. The van der Waals surface area contributed by atoms with Gasteiger partial charge in [0.15, 0.2) is 21.9 Å².